The van der Waals surface area contributed by atoms with E-state index in [1.807, 2.05) is 30.3 Å². The Bertz CT molecular complexity index is 1040. The van der Waals surface area contributed by atoms with Gasteiger partial charge in [-0.15, -0.1) is 0 Å². The number of carbonyl (C=O) groups is 1. The molecule has 0 fully saturated rings. The van der Waals surface area contributed by atoms with Gasteiger partial charge in [-0.25, -0.2) is 18.4 Å². The van der Waals surface area contributed by atoms with Gasteiger partial charge in [-0.3, -0.25) is 0 Å². The normalized spacial score (nSPS) is 11.3. The van der Waals surface area contributed by atoms with Crippen molar-refractivity contribution in [1.29, 1.82) is 0 Å². The number of primary sulfonamides is 1. The SMILES string of the molecule is Cc1ccc(S(N)(=O)=O)cc1C(=O)OCc1cc(-c2ccccc2)no1. The van der Waals surface area contributed by atoms with Crippen LogP contribution in [0.3, 0.4) is 0 Å². The Labute approximate surface area is 150 Å². The Kier molecular flexibility index (Phi) is 4.88. The summed E-state index contributed by atoms with van der Waals surface area (Å²) in [5.74, 6) is -0.303. The first-order valence-electron chi connectivity index (χ1n) is 7.66. The third kappa shape index (κ3) is 3.98. The Balaban J connectivity index is 1.73. The summed E-state index contributed by atoms with van der Waals surface area (Å²) in [4.78, 5) is 12.1. The van der Waals surface area contributed by atoms with Crippen molar-refractivity contribution in [2.24, 2.45) is 5.14 Å². The molecule has 2 aromatic carbocycles. The van der Waals surface area contributed by atoms with Gasteiger partial charge in [0.05, 0.1) is 10.5 Å². The maximum Gasteiger partial charge on any atom is 0.338 e. The number of hydrogen-bond donors (Lipinski definition) is 1. The molecule has 0 radical (unpaired) electrons. The van der Waals surface area contributed by atoms with Crippen LogP contribution in [0.25, 0.3) is 11.3 Å². The number of aromatic nitrogens is 1. The minimum atomic E-state index is -3.91. The van der Waals surface area contributed by atoms with Gasteiger partial charge in [-0.2, -0.15) is 0 Å². The van der Waals surface area contributed by atoms with E-state index in [9.17, 15) is 13.2 Å². The van der Waals surface area contributed by atoms with E-state index in [1.54, 1.807) is 13.0 Å². The molecule has 0 aliphatic rings. The van der Waals surface area contributed by atoms with Crippen molar-refractivity contribution in [2.75, 3.05) is 0 Å². The van der Waals surface area contributed by atoms with Crippen molar-refractivity contribution in [2.45, 2.75) is 18.4 Å². The minimum Gasteiger partial charge on any atom is -0.454 e. The van der Waals surface area contributed by atoms with Crippen LogP contribution in [-0.2, 0) is 21.4 Å². The largest absolute Gasteiger partial charge is 0.454 e. The molecule has 0 saturated heterocycles. The zero-order chi connectivity index (χ0) is 18.7. The van der Waals surface area contributed by atoms with Gasteiger partial charge >= 0.3 is 5.97 Å². The molecule has 0 spiro atoms. The Hall–Kier alpha value is -2.97. The number of carbonyl (C=O) groups excluding carboxylic acids is 1. The molecule has 0 amide bonds. The monoisotopic (exact) mass is 372 g/mol. The lowest BCUT2D eigenvalue weighted by atomic mass is 10.1. The van der Waals surface area contributed by atoms with E-state index in [0.29, 0.717) is 17.0 Å². The summed E-state index contributed by atoms with van der Waals surface area (Å²) in [7, 11) is -3.91. The summed E-state index contributed by atoms with van der Waals surface area (Å²) in [5.41, 5.74) is 2.21. The average molecular weight is 372 g/mol. The quantitative estimate of drug-likeness (QED) is 0.689. The second-order valence-electron chi connectivity index (χ2n) is 5.64. The maximum atomic E-state index is 12.3. The predicted octanol–water partition coefficient (Wildman–Crippen LogP) is 2.65. The maximum absolute atomic E-state index is 12.3. The highest BCUT2D eigenvalue weighted by molar-refractivity contribution is 7.89. The van der Waals surface area contributed by atoms with E-state index >= 15 is 0 Å². The smallest absolute Gasteiger partial charge is 0.338 e. The molecule has 0 unspecified atom stereocenters. The topological polar surface area (TPSA) is 112 Å². The molecule has 0 aliphatic heterocycles. The van der Waals surface area contributed by atoms with Gasteiger partial charge in [0.2, 0.25) is 10.0 Å². The highest BCUT2D eigenvalue weighted by Gasteiger charge is 2.17. The fourth-order valence-corrected chi connectivity index (χ4v) is 2.88. The average Bonchev–Trinajstić information content (AvgIpc) is 3.09. The first-order chi connectivity index (χ1) is 12.3. The zero-order valence-corrected chi connectivity index (χ0v) is 14.7. The molecular weight excluding hydrogens is 356 g/mol. The van der Waals surface area contributed by atoms with E-state index in [2.05, 4.69) is 5.16 Å². The number of esters is 1. The van der Waals surface area contributed by atoms with E-state index < -0.39 is 16.0 Å². The number of nitrogens with two attached hydrogens (primary N) is 1. The molecule has 7 nitrogen and oxygen atoms in total. The highest BCUT2D eigenvalue weighted by Crippen LogP contribution is 2.20. The van der Waals surface area contributed by atoms with Crippen LogP contribution < -0.4 is 5.14 Å². The fraction of sp³-hybridized carbons (Fsp3) is 0.111. The van der Waals surface area contributed by atoms with Gasteiger partial charge in [0.25, 0.3) is 0 Å². The molecule has 26 heavy (non-hydrogen) atoms. The van der Waals surface area contributed by atoms with Crippen LogP contribution >= 0.6 is 0 Å². The minimum absolute atomic E-state index is 0.124. The molecule has 2 N–H and O–H groups in total. The Morgan fingerprint density at radius 3 is 2.58 bits per heavy atom. The van der Waals surface area contributed by atoms with Crippen molar-refractivity contribution in [3.05, 3.63) is 71.5 Å². The molecule has 0 bridgehead atoms. The summed E-state index contributed by atoms with van der Waals surface area (Å²) in [6.07, 6.45) is 0. The van der Waals surface area contributed by atoms with Crippen molar-refractivity contribution in [3.63, 3.8) is 0 Å². The first-order valence-corrected chi connectivity index (χ1v) is 9.21. The molecule has 1 heterocycles. The van der Waals surface area contributed by atoms with Gasteiger partial charge in [-0.05, 0) is 24.6 Å². The number of hydrogen-bond acceptors (Lipinski definition) is 6. The third-order valence-electron chi connectivity index (χ3n) is 3.73. The van der Waals surface area contributed by atoms with E-state index in [1.165, 1.54) is 18.2 Å². The number of ether oxygens (including phenoxy) is 1. The van der Waals surface area contributed by atoms with Crippen LogP contribution in [0.4, 0.5) is 0 Å². The molecule has 0 atom stereocenters. The van der Waals surface area contributed by atoms with Crippen molar-refractivity contribution < 1.29 is 22.5 Å². The molecular formula is C18H16N2O5S. The zero-order valence-electron chi connectivity index (χ0n) is 13.9. The number of nitrogens with zero attached hydrogens (tertiary/aromatic N) is 1. The van der Waals surface area contributed by atoms with Crippen molar-refractivity contribution in [1.82, 2.24) is 5.16 Å². The molecule has 134 valence electrons. The van der Waals surface area contributed by atoms with Gasteiger partial charge in [-0.1, -0.05) is 41.6 Å². The van der Waals surface area contributed by atoms with Gasteiger partial charge in [0.1, 0.15) is 5.69 Å². The lowest BCUT2D eigenvalue weighted by molar-refractivity contribution is 0.0436. The second-order valence-corrected chi connectivity index (χ2v) is 7.20. The lowest BCUT2D eigenvalue weighted by Gasteiger charge is -2.07. The van der Waals surface area contributed by atoms with Crippen LogP contribution in [0, 0.1) is 6.92 Å². The predicted molar refractivity (Wildman–Crippen MR) is 93.6 cm³/mol. The lowest BCUT2D eigenvalue weighted by Crippen LogP contribution is -2.14. The molecule has 1 aromatic heterocycles. The van der Waals surface area contributed by atoms with Crippen molar-refractivity contribution in [3.8, 4) is 11.3 Å². The molecule has 3 aromatic rings. The van der Waals surface area contributed by atoms with Crippen LogP contribution in [0.2, 0.25) is 0 Å². The highest BCUT2D eigenvalue weighted by atomic mass is 32.2. The number of aryl methyl sites for hydroxylation is 1. The Morgan fingerprint density at radius 2 is 1.88 bits per heavy atom. The van der Waals surface area contributed by atoms with Gasteiger partial charge in [0, 0.05) is 11.6 Å². The van der Waals surface area contributed by atoms with E-state index in [0.717, 1.165) is 5.56 Å². The van der Waals surface area contributed by atoms with E-state index in [-0.39, 0.29) is 17.1 Å². The van der Waals surface area contributed by atoms with Gasteiger partial charge in [0.15, 0.2) is 12.4 Å². The molecule has 3 rings (SSSR count). The van der Waals surface area contributed by atoms with Crippen LogP contribution in [0.15, 0.2) is 64.0 Å². The summed E-state index contributed by atoms with van der Waals surface area (Å²) in [6, 6.07) is 15.1. The summed E-state index contributed by atoms with van der Waals surface area (Å²) >= 11 is 0. The molecule has 8 heteroatoms. The summed E-state index contributed by atoms with van der Waals surface area (Å²) in [5, 5.41) is 9.03. The molecule has 0 saturated carbocycles. The van der Waals surface area contributed by atoms with E-state index in [4.69, 9.17) is 14.4 Å². The second kappa shape index (κ2) is 7.11. The fourth-order valence-electron chi connectivity index (χ4n) is 2.34. The van der Waals surface area contributed by atoms with Crippen LogP contribution in [0.1, 0.15) is 21.7 Å². The van der Waals surface area contributed by atoms with Crippen LogP contribution in [-0.4, -0.2) is 19.5 Å². The van der Waals surface area contributed by atoms with Crippen LogP contribution in [0.5, 0.6) is 0 Å². The number of sulfonamides is 1. The standard InChI is InChI=1S/C18H16N2O5S/c1-12-7-8-15(26(19,22)23)10-16(12)18(21)24-11-14-9-17(20-25-14)13-5-3-2-4-6-13/h2-10H,11H2,1H3,(H2,19,22,23). The Morgan fingerprint density at radius 1 is 1.15 bits per heavy atom. The van der Waals surface area contributed by atoms with Gasteiger partial charge < -0.3 is 9.26 Å². The molecule has 0 aliphatic carbocycles. The summed E-state index contributed by atoms with van der Waals surface area (Å²) < 4.78 is 33.3. The van der Waals surface area contributed by atoms with Crippen molar-refractivity contribution >= 4 is 16.0 Å². The number of benzene rings is 2. The first kappa shape index (κ1) is 17.8. The third-order valence-corrected chi connectivity index (χ3v) is 4.64. The summed E-state index contributed by atoms with van der Waals surface area (Å²) in [6.45, 7) is 1.54. The number of rotatable bonds is 5.